The molecule has 3 nitrogen and oxygen atoms in total. The molecular formula is C12H14FN3S. The highest BCUT2D eigenvalue weighted by atomic mass is 32.1. The molecule has 0 atom stereocenters. The summed E-state index contributed by atoms with van der Waals surface area (Å²) in [4.78, 5) is 5.49. The predicted molar refractivity (Wildman–Crippen MR) is 69.6 cm³/mol. The molecule has 17 heavy (non-hydrogen) atoms. The third kappa shape index (κ3) is 2.94. The second-order valence-corrected chi connectivity index (χ2v) is 4.87. The predicted octanol–water partition coefficient (Wildman–Crippen LogP) is 3.04. The molecule has 0 amide bonds. The Hall–Kier alpha value is -1.62. The van der Waals surface area contributed by atoms with Gasteiger partial charge in [0.2, 0.25) is 0 Å². The Morgan fingerprint density at radius 3 is 2.94 bits per heavy atom. The third-order valence-electron chi connectivity index (χ3n) is 2.37. The van der Waals surface area contributed by atoms with Crippen LogP contribution in [-0.2, 0) is 13.0 Å². The lowest BCUT2D eigenvalue weighted by Gasteiger charge is -2.05. The minimum absolute atomic E-state index is 0.336. The molecule has 2 rings (SSSR count). The zero-order valence-electron chi connectivity index (χ0n) is 9.53. The van der Waals surface area contributed by atoms with E-state index in [1.165, 1.54) is 10.9 Å². The standard InChI is InChI=1S/C12H14FN3S/c1-2-9-6-16-12(17-9)7-15-11-4-3-8(14)5-10(11)13/h3-6,15H,2,7,14H2,1H3. The molecule has 1 aromatic heterocycles. The molecule has 0 saturated carbocycles. The summed E-state index contributed by atoms with van der Waals surface area (Å²) in [5.41, 5.74) is 6.36. The minimum atomic E-state index is -0.336. The molecule has 0 aliphatic carbocycles. The number of aromatic nitrogens is 1. The molecule has 0 radical (unpaired) electrons. The van der Waals surface area contributed by atoms with Crippen molar-refractivity contribution in [1.82, 2.24) is 4.98 Å². The molecule has 90 valence electrons. The number of halogens is 1. The first-order valence-corrected chi connectivity index (χ1v) is 6.23. The fourth-order valence-corrected chi connectivity index (χ4v) is 2.24. The van der Waals surface area contributed by atoms with Gasteiger partial charge in [0, 0.05) is 16.8 Å². The maximum atomic E-state index is 13.5. The second-order valence-electron chi connectivity index (χ2n) is 3.67. The fourth-order valence-electron chi connectivity index (χ4n) is 1.44. The van der Waals surface area contributed by atoms with Gasteiger partial charge in [0.1, 0.15) is 10.8 Å². The largest absolute Gasteiger partial charge is 0.399 e. The Kier molecular flexibility index (Phi) is 3.58. The van der Waals surface area contributed by atoms with E-state index in [-0.39, 0.29) is 5.82 Å². The molecule has 0 fully saturated rings. The van der Waals surface area contributed by atoms with Crippen molar-refractivity contribution >= 4 is 22.7 Å². The topological polar surface area (TPSA) is 50.9 Å². The Labute approximate surface area is 103 Å². The smallest absolute Gasteiger partial charge is 0.148 e. The van der Waals surface area contributed by atoms with E-state index in [1.807, 2.05) is 6.20 Å². The third-order valence-corrected chi connectivity index (χ3v) is 3.51. The van der Waals surface area contributed by atoms with E-state index >= 15 is 0 Å². The van der Waals surface area contributed by atoms with Crippen molar-refractivity contribution in [3.63, 3.8) is 0 Å². The number of nitrogens with one attached hydrogen (secondary N) is 1. The first-order valence-electron chi connectivity index (χ1n) is 5.41. The molecule has 3 N–H and O–H groups in total. The van der Waals surface area contributed by atoms with Crippen LogP contribution < -0.4 is 11.1 Å². The van der Waals surface area contributed by atoms with Gasteiger partial charge in [-0.05, 0) is 24.6 Å². The molecule has 0 aliphatic heterocycles. The summed E-state index contributed by atoms with van der Waals surface area (Å²) in [6.07, 6.45) is 2.84. The van der Waals surface area contributed by atoms with Gasteiger partial charge in [0.25, 0.3) is 0 Å². The van der Waals surface area contributed by atoms with Gasteiger partial charge in [0.15, 0.2) is 0 Å². The molecule has 0 unspecified atom stereocenters. The number of nitrogens with two attached hydrogens (primary N) is 1. The zero-order chi connectivity index (χ0) is 12.3. The highest BCUT2D eigenvalue weighted by Gasteiger charge is 2.04. The van der Waals surface area contributed by atoms with Crippen LogP contribution in [0.2, 0.25) is 0 Å². The van der Waals surface area contributed by atoms with E-state index in [0.717, 1.165) is 11.4 Å². The highest BCUT2D eigenvalue weighted by Crippen LogP contribution is 2.19. The first-order chi connectivity index (χ1) is 8.19. The normalized spacial score (nSPS) is 10.5. The quantitative estimate of drug-likeness (QED) is 0.821. The molecule has 0 aliphatic rings. The average molecular weight is 251 g/mol. The van der Waals surface area contributed by atoms with E-state index in [0.29, 0.717) is 17.9 Å². The zero-order valence-corrected chi connectivity index (χ0v) is 10.4. The maximum absolute atomic E-state index is 13.5. The van der Waals surface area contributed by atoms with Crippen LogP contribution in [0.25, 0.3) is 0 Å². The summed E-state index contributed by atoms with van der Waals surface area (Å²) in [7, 11) is 0. The van der Waals surface area contributed by atoms with Crippen molar-refractivity contribution < 1.29 is 4.39 Å². The Morgan fingerprint density at radius 1 is 1.47 bits per heavy atom. The van der Waals surface area contributed by atoms with Crippen LogP contribution in [-0.4, -0.2) is 4.98 Å². The van der Waals surface area contributed by atoms with Crippen LogP contribution in [0.15, 0.2) is 24.4 Å². The molecule has 5 heteroatoms. The van der Waals surface area contributed by atoms with Crippen LogP contribution >= 0.6 is 11.3 Å². The summed E-state index contributed by atoms with van der Waals surface area (Å²) < 4.78 is 13.5. The number of benzene rings is 1. The summed E-state index contributed by atoms with van der Waals surface area (Å²) in [6, 6.07) is 4.62. The molecule has 0 saturated heterocycles. The molecule has 0 spiro atoms. The van der Waals surface area contributed by atoms with Crippen LogP contribution in [0.3, 0.4) is 0 Å². The van der Waals surface area contributed by atoms with E-state index in [2.05, 4.69) is 17.2 Å². The van der Waals surface area contributed by atoms with Gasteiger partial charge in [-0.2, -0.15) is 0 Å². The monoisotopic (exact) mass is 251 g/mol. The van der Waals surface area contributed by atoms with Gasteiger partial charge in [-0.1, -0.05) is 6.92 Å². The Balaban J connectivity index is 2.02. The molecule has 0 bridgehead atoms. The van der Waals surface area contributed by atoms with Crippen molar-refractivity contribution in [3.8, 4) is 0 Å². The first kappa shape index (κ1) is 11.9. The maximum Gasteiger partial charge on any atom is 0.148 e. The van der Waals surface area contributed by atoms with Crippen LogP contribution in [0.5, 0.6) is 0 Å². The van der Waals surface area contributed by atoms with E-state index in [1.54, 1.807) is 23.5 Å². The van der Waals surface area contributed by atoms with Crippen molar-refractivity contribution in [3.05, 3.63) is 40.1 Å². The minimum Gasteiger partial charge on any atom is -0.399 e. The van der Waals surface area contributed by atoms with Crippen molar-refractivity contribution in [2.75, 3.05) is 11.1 Å². The van der Waals surface area contributed by atoms with Gasteiger partial charge in [-0.25, -0.2) is 9.37 Å². The van der Waals surface area contributed by atoms with Crippen molar-refractivity contribution in [2.45, 2.75) is 19.9 Å². The van der Waals surface area contributed by atoms with Crippen LogP contribution in [0, 0.1) is 5.82 Å². The SMILES string of the molecule is CCc1cnc(CNc2ccc(N)cc2F)s1. The lowest BCUT2D eigenvalue weighted by atomic mass is 10.2. The molecule has 1 heterocycles. The van der Waals surface area contributed by atoms with Crippen molar-refractivity contribution in [1.29, 1.82) is 0 Å². The van der Waals surface area contributed by atoms with E-state index in [9.17, 15) is 4.39 Å². The number of anilines is 2. The number of aryl methyl sites for hydroxylation is 1. The van der Waals surface area contributed by atoms with Gasteiger partial charge < -0.3 is 11.1 Å². The average Bonchev–Trinajstić information content (AvgIpc) is 2.76. The van der Waals surface area contributed by atoms with Gasteiger partial charge in [-0.3, -0.25) is 0 Å². The highest BCUT2D eigenvalue weighted by molar-refractivity contribution is 7.11. The van der Waals surface area contributed by atoms with Gasteiger partial charge >= 0.3 is 0 Å². The summed E-state index contributed by atoms with van der Waals surface area (Å²) in [5, 5.41) is 3.97. The Bertz CT molecular complexity index is 510. The lowest BCUT2D eigenvalue weighted by molar-refractivity contribution is 0.631. The number of hydrogen-bond donors (Lipinski definition) is 2. The fraction of sp³-hybridized carbons (Fsp3) is 0.250. The van der Waals surface area contributed by atoms with Gasteiger partial charge in [0.05, 0.1) is 12.2 Å². The molecular weight excluding hydrogens is 237 g/mol. The van der Waals surface area contributed by atoms with Gasteiger partial charge in [-0.15, -0.1) is 11.3 Å². The number of nitrogens with zero attached hydrogens (tertiary/aromatic N) is 1. The van der Waals surface area contributed by atoms with Crippen LogP contribution in [0.4, 0.5) is 15.8 Å². The number of thiazole rings is 1. The number of hydrogen-bond acceptors (Lipinski definition) is 4. The van der Waals surface area contributed by atoms with Crippen molar-refractivity contribution in [2.24, 2.45) is 0 Å². The molecule has 1 aromatic carbocycles. The van der Waals surface area contributed by atoms with Crippen LogP contribution in [0.1, 0.15) is 16.8 Å². The molecule has 2 aromatic rings. The summed E-state index contributed by atoms with van der Waals surface area (Å²) in [6.45, 7) is 2.62. The second kappa shape index (κ2) is 5.14. The summed E-state index contributed by atoms with van der Waals surface area (Å²) >= 11 is 1.64. The van der Waals surface area contributed by atoms with E-state index in [4.69, 9.17) is 5.73 Å². The number of nitrogen functional groups attached to an aromatic ring is 1. The Morgan fingerprint density at radius 2 is 2.29 bits per heavy atom. The summed E-state index contributed by atoms with van der Waals surface area (Å²) in [5.74, 6) is -0.336. The lowest BCUT2D eigenvalue weighted by Crippen LogP contribution is -2.01. The number of rotatable bonds is 4. The van der Waals surface area contributed by atoms with E-state index < -0.39 is 0 Å².